The van der Waals surface area contributed by atoms with Crippen molar-refractivity contribution in [1.82, 2.24) is 15.4 Å². The van der Waals surface area contributed by atoms with E-state index < -0.39 is 0 Å². The summed E-state index contributed by atoms with van der Waals surface area (Å²) in [6.45, 7) is 1.74. The van der Waals surface area contributed by atoms with Crippen molar-refractivity contribution in [3.63, 3.8) is 0 Å². The Morgan fingerprint density at radius 3 is 2.62 bits per heavy atom. The van der Waals surface area contributed by atoms with Crippen molar-refractivity contribution in [2.75, 3.05) is 19.6 Å². The number of carbonyl (C=O) groups excluding carboxylic acids is 2. The molecule has 3 rings (SSSR count). The molecule has 7 nitrogen and oxygen atoms in total. The zero-order valence-electron chi connectivity index (χ0n) is 13.3. The van der Waals surface area contributed by atoms with Crippen molar-refractivity contribution in [3.05, 3.63) is 42.1 Å². The molecule has 0 atom stereocenters. The van der Waals surface area contributed by atoms with Crippen molar-refractivity contribution in [3.8, 4) is 11.3 Å². The number of nitrogens with one attached hydrogen (secondary N) is 1. The van der Waals surface area contributed by atoms with Gasteiger partial charge in [-0.2, -0.15) is 0 Å². The van der Waals surface area contributed by atoms with Gasteiger partial charge >= 0.3 is 0 Å². The van der Waals surface area contributed by atoms with E-state index in [-0.39, 0.29) is 30.1 Å². The first-order valence-corrected chi connectivity index (χ1v) is 7.95. The second-order valence-corrected chi connectivity index (χ2v) is 5.93. The highest BCUT2D eigenvalue weighted by Gasteiger charge is 2.23. The van der Waals surface area contributed by atoms with Crippen LogP contribution in [0, 0.1) is 0 Å². The molecule has 3 N–H and O–H groups in total. The van der Waals surface area contributed by atoms with Gasteiger partial charge in [0.1, 0.15) is 0 Å². The minimum Gasteiger partial charge on any atom is -0.369 e. The lowest BCUT2D eigenvalue weighted by Crippen LogP contribution is -2.46. The average Bonchev–Trinajstić information content (AvgIpc) is 3.07. The average molecular weight is 328 g/mol. The van der Waals surface area contributed by atoms with Crippen LogP contribution in [0.25, 0.3) is 11.3 Å². The fourth-order valence-corrected chi connectivity index (χ4v) is 2.84. The van der Waals surface area contributed by atoms with Crippen LogP contribution in [-0.4, -0.2) is 47.5 Å². The van der Waals surface area contributed by atoms with Gasteiger partial charge < -0.3 is 15.6 Å². The van der Waals surface area contributed by atoms with Gasteiger partial charge in [0, 0.05) is 30.8 Å². The molecule has 2 aromatic rings. The maximum absolute atomic E-state index is 12.3. The first-order chi connectivity index (χ1) is 11.6. The van der Waals surface area contributed by atoms with E-state index >= 15 is 0 Å². The number of hydrogen-bond acceptors (Lipinski definition) is 5. The summed E-state index contributed by atoms with van der Waals surface area (Å²) >= 11 is 0. The smallest absolute Gasteiger partial charge is 0.273 e. The van der Waals surface area contributed by atoms with E-state index in [1.165, 1.54) is 0 Å². The highest BCUT2D eigenvalue weighted by atomic mass is 16.5. The number of piperidine rings is 1. The first-order valence-electron chi connectivity index (χ1n) is 7.95. The molecule has 24 heavy (non-hydrogen) atoms. The normalized spacial score (nSPS) is 16.0. The summed E-state index contributed by atoms with van der Waals surface area (Å²) in [5.74, 6) is -0.000154. The zero-order valence-corrected chi connectivity index (χ0v) is 13.3. The fourth-order valence-electron chi connectivity index (χ4n) is 2.84. The molecule has 1 aliphatic rings. The first kappa shape index (κ1) is 16.2. The Kier molecular flexibility index (Phi) is 4.90. The Morgan fingerprint density at radius 2 is 1.96 bits per heavy atom. The fraction of sp³-hybridized carbons (Fsp3) is 0.353. The van der Waals surface area contributed by atoms with Crippen LogP contribution in [0.2, 0.25) is 0 Å². The Labute approximate surface area is 139 Å². The van der Waals surface area contributed by atoms with Gasteiger partial charge in [0.25, 0.3) is 5.91 Å². The second kappa shape index (κ2) is 7.27. The van der Waals surface area contributed by atoms with Gasteiger partial charge in [-0.1, -0.05) is 35.5 Å². The summed E-state index contributed by atoms with van der Waals surface area (Å²) in [5.41, 5.74) is 6.35. The predicted molar refractivity (Wildman–Crippen MR) is 88.1 cm³/mol. The van der Waals surface area contributed by atoms with Crippen LogP contribution < -0.4 is 11.1 Å². The lowest BCUT2D eigenvalue weighted by Gasteiger charge is -2.31. The molecule has 2 heterocycles. The van der Waals surface area contributed by atoms with Gasteiger partial charge in [0.2, 0.25) is 5.91 Å². The van der Waals surface area contributed by atoms with Gasteiger partial charge in [0.05, 0.1) is 6.54 Å². The van der Waals surface area contributed by atoms with Crippen molar-refractivity contribution < 1.29 is 14.1 Å². The molecular weight excluding hydrogens is 308 g/mol. The van der Waals surface area contributed by atoms with Crippen LogP contribution in [0.3, 0.4) is 0 Å². The number of nitrogens with zero attached hydrogens (tertiary/aromatic N) is 2. The maximum Gasteiger partial charge on any atom is 0.273 e. The minimum atomic E-state index is -0.325. The summed E-state index contributed by atoms with van der Waals surface area (Å²) in [7, 11) is 0. The van der Waals surface area contributed by atoms with E-state index in [4.69, 9.17) is 10.3 Å². The molecule has 126 valence electrons. The lowest BCUT2D eigenvalue weighted by atomic mass is 10.0. The molecule has 1 aromatic carbocycles. The number of nitrogens with two attached hydrogens (primary N) is 1. The van der Waals surface area contributed by atoms with Crippen molar-refractivity contribution in [2.45, 2.75) is 18.9 Å². The zero-order chi connectivity index (χ0) is 16.9. The van der Waals surface area contributed by atoms with Crippen LogP contribution in [0.15, 0.2) is 40.9 Å². The quantitative estimate of drug-likeness (QED) is 0.853. The minimum absolute atomic E-state index is 0.0681. The van der Waals surface area contributed by atoms with E-state index in [2.05, 4.69) is 10.5 Å². The number of likely N-dealkylation sites (tertiary alicyclic amines) is 1. The summed E-state index contributed by atoms with van der Waals surface area (Å²) in [4.78, 5) is 25.2. The largest absolute Gasteiger partial charge is 0.369 e. The lowest BCUT2D eigenvalue weighted by molar-refractivity contribution is -0.119. The van der Waals surface area contributed by atoms with Crippen LogP contribution in [0.5, 0.6) is 0 Å². The van der Waals surface area contributed by atoms with E-state index in [9.17, 15) is 9.59 Å². The Balaban J connectivity index is 1.55. The third kappa shape index (κ3) is 3.99. The third-order valence-corrected chi connectivity index (χ3v) is 4.10. The number of aromatic nitrogens is 1. The number of amides is 2. The molecule has 7 heteroatoms. The van der Waals surface area contributed by atoms with Crippen molar-refractivity contribution >= 4 is 11.8 Å². The van der Waals surface area contributed by atoms with Gasteiger partial charge in [-0.15, -0.1) is 0 Å². The summed E-state index contributed by atoms with van der Waals surface area (Å²) in [6, 6.07) is 11.2. The van der Waals surface area contributed by atoms with Gasteiger partial charge in [-0.3, -0.25) is 14.5 Å². The Hall–Kier alpha value is -2.67. The molecule has 1 fully saturated rings. The molecule has 0 unspecified atom stereocenters. The predicted octanol–water partition coefficient (Wildman–Crippen LogP) is 1.02. The van der Waals surface area contributed by atoms with Crippen LogP contribution in [-0.2, 0) is 4.79 Å². The van der Waals surface area contributed by atoms with Gasteiger partial charge in [0.15, 0.2) is 11.5 Å². The van der Waals surface area contributed by atoms with E-state index in [1.807, 2.05) is 35.2 Å². The molecular formula is C17H20N4O3. The van der Waals surface area contributed by atoms with Crippen LogP contribution in [0.1, 0.15) is 23.3 Å². The molecule has 0 aliphatic carbocycles. The second-order valence-electron chi connectivity index (χ2n) is 5.93. The van der Waals surface area contributed by atoms with Crippen LogP contribution >= 0.6 is 0 Å². The highest BCUT2D eigenvalue weighted by Crippen LogP contribution is 2.20. The Morgan fingerprint density at radius 1 is 1.25 bits per heavy atom. The monoisotopic (exact) mass is 328 g/mol. The molecule has 0 spiro atoms. The topological polar surface area (TPSA) is 101 Å². The number of benzene rings is 1. The van der Waals surface area contributed by atoms with Gasteiger partial charge in [-0.25, -0.2) is 0 Å². The van der Waals surface area contributed by atoms with Crippen LogP contribution in [0.4, 0.5) is 0 Å². The molecule has 1 saturated heterocycles. The SMILES string of the molecule is NC(=O)CN1CCC(NC(=O)c2cc(-c3ccccc3)on2)CC1. The molecule has 1 aliphatic heterocycles. The van der Waals surface area contributed by atoms with Crippen molar-refractivity contribution in [2.24, 2.45) is 5.73 Å². The van der Waals surface area contributed by atoms with E-state index in [0.29, 0.717) is 5.76 Å². The maximum atomic E-state index is 12.3. The molecule has 1 aromatic heterocycles. The summed E-state index contributed by atoms with van der Waals surface area (Å²) in [6.07, 6.45) is 1.56. The molecule has 0 radical (unpaired) electrons. The standard InChI is InChI=1S/C17H20N4O3/c18-16(22)11-21-8-6-13(7-9-21)19-17(23)14-10-15(24-20-14)12-4-2-1-3-5-12/h1-5,10,13H,6-9,11H2,(H2,18,22)(H,19,23). The number of hydrogen-bond donors (Lipinski definition) is 2. The third-order valence-electron chi connectivity index (χ3n) is 4.10. The number of primary amides is 1. The molecule has 0 saturated carbocycles. The van der Waals surface area contributed by atoms with Crippen molar-refractivity contribution in [1.29, 1.82) is 0 Å². The Bertz CT molecular complexity index is 706. The van der Waals surface area contributed by atoms with Gasteiger partial charge in [-0.05, 0) is 12.8 Å². The molecule has 0 bridgehead atoms. The number of rotatable bonds is 5. The van der Waals surface area contributed by atoms with E-state index in [0.717, 1.165) is 31.5 Å². The number of carbonyl (C=O) groups is 2. The highest BCUT2D eigenvalue weighted by molar-refractivity contribution is 5.93. The summed E-state index contributed by atoms with van der Waals surface area (Å²) < 4.78 is 5.25. The summed E-state index contributed by atoms with van der Waals surface area (Å²) in [5, 5.41) is 6.82. The molecule has 2 amide bonds. The van der Waals surface area contributed by atoms with E-state index in [1.54, 1.807) is 6.07 Å².